The molecule has 0 spiro atoms. The Morgan fingerprint density at radius 2 is 2.29 bits per heavy atom. The summed E-state index contributed by atoms with van der Waals surface area (Å²) in [6, 6.07) is 0. The fourth-order valence-electron chi connectivity index (χ4n) is 1.63. The summed E-state index contributed by atoms with van der Waals surface area (Å²) < 4.78 is 4.86. The molecule has 14 heavy (non-hydrogen) atoms. The Kier molecular flexibility index (Phi) is 3.68. The monoisotopic (exact) mass is 197 g/mol. The van der Waals surface area contributed by atoms with E-state index in [-0.39, 0.29) is 5.97 Å². The van der Waals surface area contributed by atoms with Crippen LogP contribution in [-0.4, -0.2) is 18.5 Å². The predicted octanol–water partition coefficient (Wildman–Crippen LogP) is 0.617. The van der Waals surface area contributed by atoms with Gasteiger partial charge in [0.2, 0.25) is 5.91 Å². The summed E-state index contributed by atoms with van der Waals surface area (Å²) >= 11 is 0. The number of rotatable bonds is 3. The number of primary amides is 1. The zero-order valence-corrected chi connectivity index (χ0v) is 8.23. The van der Waals surface area contributed by atoms with Gasteiger partial charge in [-0.2, -0.15) is 0 Å². The largest absolute Gasteiger partial charge is 0.466 e. The quantitative estimate of drug-likeness (QED) is 0.532. The number of allylic oxidation sites excluding steroid dienone is 1. The first-order chi connectivity index (χ1) is 6.66. The molecule has 2 N–H and O–H groups in total. The van der Waals surface area contributed by atoms with E-state index in [1.807, 2.05) is 6.08 Å². The highest BCUT2D eigenvalue weighted by Gasteiger charge is 2.32. The van der Waals surface area contributed by atoms with Crippen LogP contribution < -0.4 is 5.73 Å². The normalized spacial score (nSPS) is 25.8. The van der Waals surface area contributed by atoms with Crippen molar-refractivity contribution < 1.29 is 14.3 Å². The van der Waals surface area contributed by atoms with Gasteiger partial charge in [0.15, 0.2) is 0 Å². The zero-order chi connectivity index (χ0) is 10.6. The van der Waals surface area contributed by atoms with Crippen LogP contribution in [0.2, 0.25) is 0 Å². The minimum atomic E-state index is -0.485. The van der Waals surface area contributed by atoms with Gasteiger partial charge < -0.3 is 10.5 Å². The van der Waals surface area contributed by atoms with Crippen molar-refractivity contribution in [3.63, 3.8) is 0 Å². The van der Waals surface area contributed by atoms with Gasteiger partial charge in [-0.3, -0.25) is 9.59 Å². The maximum atomic E-state index is 11.4. The molecule has 2 atom stereocenters. The van der Waals surface area contributed by atoms with Crippen LogP contribution >= 0.6 is 0 Å². The molecule has 4 nitrogen and oxygen atoms in total. The molecule has 0 aromatic carbocycles. The van der Waals surface area contributed by atoms with E-state index in [1.54, 1.807) is 13.0 Å². The average molecular weight is 197 g/mol. The molecule has 0 heterocycles. The first-order valence-corrected chi connectivity index (χ1v) is 4.79. The highest BCUT2D eigenvalue weighted by atomic mass is 16.5. The second-order valence-corrected chi connectivity index (χ2v) is 3.29. The van der Waals surface area contributed by atoms with E-state index in [0.717, 1.165) is 6.42 Å². The van der Waals surface area contributed by atoms with Crippen LogP contribution in [0.15, 0.2) is 12.2 Å². The third-order valence-electron chi connectivity index (χ3n) is 2.35. The Balaban J connectivity index is 2.71. The van der Waals surface area contributed by atoms with Gasteiger partial charge in [-0.15, -0.1) is 0 Å². The zero-order valence-electron chi connectivity index (χ0n) is 8.23. The van der Waals surface area contributed by atoms with Gasteiger partial charge in [0, 0.05) is 0 Å². The second kappa shape index (κ2) is 4.79. The maximum absolute atomic E-state index is 11.4. The summed E-state index contributed by atoms with van der Waals surface area (Å²) in [6.07, 6.45) is 5.04. The van der Waals surface area contributed by atoms with Crippen molar-refractivity contribution in [3.05, 3.63) is 12.2 Å². The summed E-state index contributed by atoms with van der Waals surface area (Å²) in [4.78, 5) is 22.5. The molecule has 0 radical (unpaired) electrons. The fraction of sp³-hybridized carbons (Fsp3) is 0.600. The van der Waals surface area contributed by atoms with Crippen molar-refractivity contribution in [1.29, 1.82) is 0 Å². The fourth-order valence-corrected chi connectivity index (χ4v) is 1.63. The lowest BCUT2D eigenvalue weighted by molar-refractivity contribution is -0.150. The Bertz CT molecular complexity index is 260. The van der Waals surface area contributed by atoms with Crippen molar-refractivity contribution in [2.24, 2.45) is 17.6 Å². The van der Waals surface area contributed by atoms with Gasteiger partial charge >= 0.3 is 5.97 Å². The Morgan fingerprint density at radius 3 is 2.86 bits per heavy atom. The molecular formula is C10H15NO3. The SMILES string of the molecule is CCOC(=O)C1C=CCCC1C(N)=O. The van der Waals surface area contributed by atoms with Crippen molar-refractivity contribution >= 4 is 11.9 Å². The number of nitrogens with two attached hydrogens (primary N) is 1. The number of carbonyl (C=O) groups is 2. The van der Waals surface area contributed by atoms with Gasteiger partial charge in [-0.05, 0) is 19.8 Å². The molecule has 0 aromatic heterocycles. The van der Waals surface area contributed by atoms with Crippen molar-refractivity contribution in [3.8, 4) is 0 Å². The molecule has 2 unspecified atom stereocenters. The molecule has 0 saturated heterocycles. The molecule has 1 rings (SSSR count). The topological polar surface area (TPSA) is 69.4 Å². The number of carbonyl (C=O) groups excluding carboxylic acids is 2. The van der Waals surface area contributed by atoms with Gasteiger partial charge in [0.1, 0.15) is 0 Å². The van der Waals surface area contributed by atoms with Gasteiger partial charge in [0.05, 0.1) is 18.4 Å². The standard InChI is InChI=1S/C10H15NO3/c1-2-14-10(13)8-6-4-3-5-7(8)9(11)12/h4,6-8H,2-3,5H2,1H3,(H2,11,12). The average Bonchev–Trinajstić information content (AvgIpc) is 2.18. The molecule has 0 fully saturated rings. The van der Waals surface area contributed by atoms with E-state index in [4.69, 9.17) is 10.5 Å². The lowest BCUT2D eigenvalue weighted by Gasteiger charge is -2.22. The van der Waals surface area contributed by atoms with Crippen LogP contribution in [0.1, 0.15) is 19.8 Å². The summed E-state index contributed by atoms with van der Waals surface area (Å²) in [5.74, 6) is -1.67. The van der Waals surface area contributed by atoms with Crippen LogP contribution in [0.5, 0.6) is 0 Å². The van der Waals surface area contributed by atoms with Crippen LogP contribution in [0.25, 0.3) is 0 Å². The molecule has 1 amide bonds. The number of esters is 1. The Labute approximate surface area is 83.1 Å². The van der Waals surface area contributed by atoms with Crippen LogP contribution in [0.3, 0.4) is 0 Å². The minimum Gasteiger partial charge on any atom is -0.466 e. The molecule has 4 heteroatoms. The molecular weight excluding hydrogens is 182 g/mol. The first-order valence-electron chi connectivity index (χ1n) is 4.79. The molecule has 0 aromatic rings. The summed E-state index contributed by atoms with van der Waals surface area (Å²) in [7, 11) is 0. The van der Waals surface area contributed by atoms with Gasteiger partial charge in [-0.1, -0.05) is 12.2 Å². The Morgan fingerprint density at radius 1 is 1.57 bits per heavy atom. The Hall–Kier alpha value is -1.32. The minimum absolute atomic E-state index is 0.328. The van der Waals surface area contributed by atoms with Crippen molar-refractivity contribution in [1.82, 2.24) is 0 Å². The summed E-state index contributed by atoms with van der Waals surface area (Å²) in [6.45, 7) is 2.07. The molecule has 0 aliphatic heterocycles. The number of hydrogen-bond acceptors (Lipinski definition) is 3. The highest BCUT2D eigenvalue weighted by molar-refractivity contribution is 5.85. The number of amides is 1. The molecule has 1 aliphatic carbocycles. The van der Waals surface area contributed by atoms with E-state index in [2.05, 4.69) is 0 Å². The summed E-state index contributed by atoms with van der Waals surface area (Å²) in [5.41, 5.74) is 5.21. The van der Waals surface area contributed by atoms with Gasteiger partial charge in [-0.25, -0.2) is 0 Å². The summed E-state index contributed by atoms with van der Waals surface area (Å²) in [5, 5.41) is 0. The van der Waals surface area contributed by atoms with E-state index in [9.17, 15) is 9.59 Å². The number of hydrogen-bond donors (Lipinski definition) is 1. The lowest BCUT2D eigenvalue weighted by atomic mass is 9.83. The molecule has 1 aliphatic rings. The van der Waals surface area contributed by atoms with E-state index >= 15 is 0 Å². The van der Waals surface area contributed by atoms with Gasteiger partial charge in [0.25, 0.3) is 0 Å². The third-order valence-corrected chi connectivity index (χ3v) is 2.35. The lowest BCUT2D eigenvalue weighted by Crippen LogP contribution is -2.35. The second-order valence-electron chi connectivity index (χ2n) is 3.29. The van der Waals surface area contributed by atoms with Crippen LogP contribution in [0, 0.1) is 11.8 Å². The molecule has 78 valence electrons. The van der Waals surface area contributed by atoms with Crippen LogP contribution in [-0.2, 0) is 14.3 Å². The highest BCUT2D eigenvalue weighted by Crippen LogP contribution is 2.25. The van der Waals surface area contributed by atoms with Crippen molar-refractivity contribution in [2.45, 2.75) is 19.8 Å². The smallest absolute Gasteiger partial charge is 0.313 e. The molecule has 0 bridgehead atoms. The maximum Gasteiger partial charge on any atom is 0.313 e. The van der Waals surface area contributed by atoms with Crippen LogP contribution in [0.4, 0.5) is 0 Å². The first kappa shape index (κ1) is 10.8. The van der Waals surface area contributed by atoms with E-state index in [0.29, 0.717) is 13.0 Å². The predicted molar refractivity (Wildman–Crippen MR) is 51.2 cm³/mol. The van der Waals surface area contributed by atoms with E-state index in [1.165, 1.54) is 0 Å². The van der Waals surface area contributed by atoms with Crippen molar-refractivity contribution in [2.75, 3.05) is 6.61 Å². The molecule has 0 saturated carbocycles. The third kappa shape index (κ3) is 2.34. The number of ether oxygens (including phenoxy) is 1. The van der Waals surface area contributed by atoms with E-state index < -0.39 is 17.7 Å².